The fourth-order valence-corrected chi connectivity index (χ4v) is 7.54. The Kier molecular flexibility index (Phi) is 9.47. The molecule has 0 fully saturated rings. The average Bonchev–Trinajstić information content (AvgIpc) is 2.96. The van der Waals surface area contributed by atoms with Gasteiger partial charge in [-0.15, -0.1) is 0 Å². The molecule has 0 aliphatic heterocycles. The number of thioether (sulfide) groups is 2. The van der Waals surface area contributed by atoms with Gasteiger partial charge in [0.1, 0.15) is 11.5 Å². The summed E-state index contributed by atoms with van der Waals surface area (Å²) in [7, 11) is 0. The lowest BCUT2D eigenvalue weighted by atomic mass is 9.80. The molecule has 0 radical (unpaired) electrons. The molecular formula is C34H38O8S2. The van der Waals surface area contributed by atoms with Crippen molar-refractivity contribution in [2.45, 2.75) is 78.7 Å². The topological polar surface area (TPSA) is 149 Å². The zero-order valence-corrected chi connectivity index (χ0v) is 27.9. The van der Waals surface area contributed by atoms with Crippen molar-refractivity contribution in [1.29, 1.82) is 0 Å². The van der Waals surface area contributed by atoms with Gasteiger partial charge >= 0.3 is 0 Å². The van der Waals surface area contributed by atoms with Crippen molar-refractivity contribution in [3.05, 3.63) is 74.3 Å². The quantitative estimate of drug-likeness (QED) is 0.0960. The van der Waals surface area contributed by atoms with Crippen LogP contribution in [0, 0.1) is 13.8 Å². The first-order chi connectivity index (χ1) is 20.6. The molecule has 2 aromatic carbocycles. The number of phenols is 4. The molecule has 0 heterocycles. The minimum absolute atomic E-state index is 0.00449. The molecule has 2 aliphatic rings. The van der Waals surface area contributed by atoms with Gasteiger partial charge in [-0.2, -0.15) is 23.5 Å². The Bertz CT molecular complexity index is 1990. The standard InChI is InChI=1S/C34H38O8S2/c1-9-43-11-17-23-25(19(13(3)4)33(41)29(17)37)27(35)15(7)21(31(23)39)22-16(8)28(36)26-20(14(5)6)34(42)30(38)18(12-44-10-2)24(26)32(22)40/h13-14,35,37,39,41H,9-12H2,1-8H3. The van der Waals surface area contributed by atoms with Crippen LogP contribution in [-0.4, -0.2) is 31.9 Å². The summed E-state index contributed by atoms with van der Waals surface area (Å²) in [6, 6.07) is 0. The van der Waals surface area contributed by atoms with Gasteiger partial charge in [0.25, 0.3) is 0 Å². The maximum absolute atomic E-state index is 14.6. The van der Waals surface area contributed by atoms with Gasteiger partial charge in [-0.3, -0.25) is 19.2 Å². The van der Waals surface area contributed by atoms with E-state index in [-0.39, 0.29) is 89.6 Å². The molecule has 0 atom stereocenters. The second-order valence-corrected chi connectivity index (χ2v) is 14.1. The highest BCUT2D eigenvalue weighted by atomic mass is 32.2. The summed E-state index contributed by atoms with van der Waals surface area (Å²) in [5.74, 6) is -0.983. The van der Waals surface area contributed by atoms with Crippen LogP contribution in [0.4, 0.5) is 0 Å². The lowest BCUT2D eigenvalue weighted by Gasteiger charge is -2.24. The van der Waals surface area contributed by atoms with Crippen molar-refractivity contribution >= 4 is 34.3 Å². The largest absolute Gasteiger partial charge is 0.507 e. The van der Waals surface area contributed by atoms with Gasteiger partial charge in [0.15, 0.2) is 22.4 Å². The average molecular weight is 639 g/mol. The van der Waals surface area contributed by atoms with Crippen LogP contribution in [0.5, 0.6) is 23.0 Å². The number of rotatable bonds is 9. The van der Waals surface area contributed by atoms with E-state index in [4.69, 9.17) is 0 Å². The van der Waals surface area contributed by atoms with Crippen molar-refractivity contribution < 1.29 is 20.4 Å². The number of phenolic OH excluding ortho intramolecular Hbond substituents is 4. The highest BCUT2D eigenvalue weighted by Crippen LogP contribution is 2.54. The third-order valence-electron chi connectivity index (χ3n) is 8.28. The van der Waals surface area contributed by atoms with E-state index in [0.717, 1.165) is 0 Å². The fourth-order valence-electron chi connectivity index (χ4n) is 6.17. The third-order valence-corrected chi connectivity index (χ3v) is 10.1. The zero-order valence-electron chi connectivity index (χ0n) is 26.2. The molecule has 0 amide bonds. The molecule has 4 rings (SSSR count). The van der Waals surface area contributed by atoms with Gasteiger partial charge < -0.3 is 20.4 Å². The molecule has 234 valence electrons. The van der Waals surface area contributed by atoms with Gasteiger partial charge in [0.2, 0.25) is 10.9 Å². The van der Waals surface area contributed by atoms with Gasteiger partial charge in [-0.05, 0) is 37.2 Å². The number of benzene rings is 4. The summed E-state index contributed by atoms with van der Waals surface area (Å²) in [6.07, 6.45) is 0. The molecule has 0 saturated carbocycles. The van der Waals surface area contributed by atoms with Crippen LogP contribution in [0.15, 0.2) is 19.2 Å². The van der Waals surface area contributed by atoms with Crippen molar-refractivity contribution in [3.8, 4) is 45.3 Å². The molecule has 0 aromatic heterocycles. The van der Waals surface area contributed by atoms with Crippen LogP contribution in [0.2, 0.25) is 0 Å². The maximum atomic E-state index is 14.6. The molecular weight excluding hydrogens is 601 g/mol. The summed E-state index contributed by atoms with van der Waals surface area (Å²) in [5, 5.41) is 46.0. The highest BCUT2D eigenvalue weighted by molar-refractivity contribution is 7.98. The van der Waals surface area contributed by atoms with Crippen molar-refractivity contribution in [3.63, 3.8) is 0 Å². The number of fused-ring (bicyclic) bond motifs is 2. The third kappa shape index (κ3) is 4.96. The van der Waals surface area contributed by atoms with E-state index in [1.165, 1.54) is 37.4 Å². The molecule has 2 aliphatic carbocycles. The predicted octanol–water partition coefficient (Wildman–Crippen LogP) is 6.12. The first kappa shape index (κ1) is 33.4. The number of aromatic hydroxyl groups is 4. The Morgan fingerprint density at radius 1 is 0.523 bits per heavy atom. The minimum atomic E-state index is -0.823. The Hall–Kier alpha value is -3.50. The van der Waals surface area contributed by atoms with Crippen LogP contribution in [0.25, 0.3) is 33.0 Å². The molecule has 0 saturated heterocycles. The van der Waals surface area contributed by atoms with E-state index < -0.39 is 44.9 Å². The van der Waals surface area contributed by atoms with Crippen LogP contribution in [0.1, 0.15) is 86.8 Å². The minimum Gasteiger partial charge on any atom is -0.507 e. The Labute approximate surface area is 263 Å². The van der Waals surface area contributed by atoms with Crippen LogP contribution in [0.3, 0.4) is 0 Å². The fraction of sp³-hybridized carbons (Fsp3) is 0.412. The molecule has 0 bridgehead atoms. The first-order valence-electron chi connectivity index (χ1n) is 14.6. The summed E-state index contributed by atoms with van der Waals surface area (Å²) in [5.41, 5.74) is -3.00. The predicted molar refractivity (Wildman–Crippen MR) is 181 cm³/mol. The maximum Gasteiger partial charge on any atom is 0.230 e. The lowest BCUT2D eigenvalue weighted by molar-refractivity contribution is 0.395. The number of hydrogen-bond donors (Lipinski definition) is 4. The number of hydrogen-bond acceptors (Lipinski definition) is 10. The Morgan fingerprint density at radius 2 is 1.07 bits per heavy atom. The molecule has 4 N–H and O–H groups in total. The second-order valence-electron chi connectivity index (χ2n) is 11.6. The van der Waals surface area contributed by atoms with Gasteiger partial charge in [-0.25, -0.2) is 0 Å². The molecule has 10 heteroatoms. The molecule has 44 heavy (non-hydrogen) atoms. The van der Waals surface area contributed by atoms with Crippen molar-refractivity contribution in [1.82, 2.24) is 0 Å². The monoisotopic (exact) mass is 638 g/mol. The molecule has 0 spiro atoms. The Morgan fingerprint density at radius 3 is 1.59 bits per heavy atom. The van der Waals surface area contributed by atoms with Gasteiger partial charge in [0.05, 0.1) is 0 Å². The van der Waals surface area contributed by atoms with Crippen LogP contribution >= 0.6 is 23.5 Å². The highest BCUT2D eigenvalue weighted by Gasteiger charge is 2.34. The van der Waals surface area contributed by atoms with Crippen molar-refractivity contribution in [2.24, 2.45) is 0 Å². The summed E-state index contributed by atoms with van der Waals surface area (Å²) in [6.45, 7) is 13.6. The summed E-state index contributed by atoms with van der Waals surface area (Å²) < 4.78 is 0. The molecule has 8 nitrogen and oxygen atoms in total. The normalized spacial score (nSPS) is 12.0. The second kappa shape index (κ2) is 12.5. The summed E-state index contributed by atoms with van der Waals surface area (Å²) >= 11 is 2.76. The summed E-state index contributed by atoms with van der Waals surface area (Å²) in [4.78, 5) is 55.3. The van der Waals surface area contributed by atoms with Crippen LogP contribution < -0.4 is 21.7 Å². The molecule has 0 unspecified atom stereocenters. The van der Waals surface area contributed by atoms with E-state index in [2.05, 4.69) is 0 Å². The van der Waals surface area contributed by atoms with Crippen molar-refractivity contribution in [2.75, 3.05) is 11.5 Å². The molecule has 2 aromatic rings. The smallest absolute Gasteiger partial charge is 0.230 e. The Balaban J connectivity index is 2.35. The van der Waals surface area contributed by atoms with E-state index in [1.54, 1.807) is 27.7 Å². The van der Waals surface area contributed by atoms with E-state index in [0.29, 0.717) is 11.5 Å². The van der Waals surface area contributed by atoms with E-state index >= 15 is 0 Å². The van der Waals surface area contributed by atoms with Gasteiger partial charge in [0, 0.05) is 77.9 Å². The van der Waals surface area contributed by atoms with Gasteiger partial charge in [-0.1, -0.05) is 41.5 Å². The lowest BCUT2D eigenvalue weighted by Crippen LogP contribution is -2.38. The first-order valence-corrected chi connectivity index (χ1v) is 16.9. The zero-order chi connectivity index (χ0) is 32.9. The van der Waals surface area contributed by atoms with E-state index in [1.807, 2.05) is 13.8 Å². The van der Waals surface area contributed by atoms with Crippen LogP contribution in [-0.2, 0) is 11.5 Å². The SMILES string of the molecule is CCSCc1c2c(=O)c(-c3c(C)c(O)c4c(C(C)C)c(O)c(O)c(CSCC)c4c3O)c(C)c(=O)c-2c(C(C)C)c(=O)c1=O. The van der Waals surface area contributed by atoms with E-state index in [9.17, 15) is 39.6 Å².